The Balaban J connectivity index is 1.68. The van der Waals surface area contributed by atoms with Gasteiger partial charge in [0, 0.05) is 18.0 Å². The molecule has 1 fully saturated rings. The maximum atomic E-state index is 12.5. The predicted molar refractivity (Wildman–Crippen MR) is 105 cm³/mol. The van der Waals surface area contributed by atoms with Crippen molar-refractivity contribution < 1.29 is 17.9 Å². The first-order chi connectivity index (χ1) is 12.9. The molecular weight excluding hydrogens is 364 g/mol. The van der Waals surface area contributed by atoms with Crippen molar-refractivity contribution in [3.8, 4) is 5.75 Å². The minimum atomic E-state index is -3.31. The summed E-state index contributed by atoms with van der Waals surface area (Å²) < 4.78 is 28.6. The van der Waals surface area contributed by atoms with Crippen LogP contribution in [0.4, 0.5) is 5.69 Å². The second-order valence-electron chi connectivity index (χ2n) is 6.75. The van der Waals surface area contributed by atoms with Crippen molar-refractivity contribution in [1.82, 2.24) is 4.90 Å². The molecule has 1 amide bonds. The maximum absolute atomic E-state index is 12.5. The van der Waals surface area contributed by atoms with Gasteiger partial charge in [-0.05, 0) is 55.3 Å². The smallest absolute Gasteiger partial charge is 0.238 e. The van der Waals surface area contributed by atoms with Gasteiger partial charge in [-0.1, -0.05) is 18.2 Å². The van der Waals surface area contributed by atoms with E-state index in [1.807, 2.05) is 18.2 Å². The van der Waals surface area contributed by atoms with Crippen molar-refractivity contribution in [2.45, 2.75) is 23.8 Å². The van der Waals surface area contributed by atoms with E-state index in [0.29, 0.717) is 5.69 Å². The number of carbonyl (C=O) groups is 1. The number of nitrogens with one attached hydrogen (secondary N) is 1. The molecule has 0 aromatic heterocycles. The lowest BCUT2D eigenvalue weighted by Crippen LogP contribution is -2.33. The molecule has 3 rings (SSSR count). The Morgan fingerprint density at radius 1 is 1.22 bits per heavy atom. The summed E-state index contributed by atoms with van der Waals surface area (Å²) >= 11 is 0. The van der Waals surface area contributed by atoms with Gasteiger partial charge < -0.3 is 10.1 Å². The molecule has 1 N–H and O–H groups in total. The van der Waals surface area contributed by atoms with Crippen LogP contribution in [0.3, 0.4) is 0 Å². The van der Waals surface area contributed by atoms with Gasteiger partial charge in [-0.15, -0.1) is 0 Å². The first kappa shape index (κ1) is 19.4. The van der Waals surface area contributed by atoms with E-state index in [-0.39, 0.29) is 23.4 Å². The van der Waals surface area contributed by atoms with E-state index in [2.05, 4.69) is 16.3 Å². The van der Waals surface area contributed by atoms with Crippen LogP contribution >= 0.6 is 0 Å². The number of hydrogen-bond acceptors (Lipinski definition) is 5. The van der Waals surface area contributed by atoms with E-state index in [9.17, 15) is 13.2 Å². The molecule has 0 saturated carbocycles. The van der Waals surface area contributed by atoms with E-state index >= 15 is 0 Å². The van der Waals surface area contributed by atoms with Crippen LogP contribution < -0.4 is 10.1 Å². The Morgan fingerprint density at radius 2 is 2.00 bits per heavy atom. The van der Waals surface area contributed by atoms with Crippen LogP contribution in [0.25, 0.3) is 0 Å². The molecule has 7 heteroatoms. The predicted octanol–water partition coefficient (Wildman–Crippen LogP) is 2.87. The molecule has 0 bridgehead atoms. The van der Waals surface area contributed by atoms with Crippen molar-refractivity contribution >= 4 is 21.4 Å². The highest BCUT2D eigenvalue weighted by Crippen LogP contribution is 2.33. The van der Waals surface area contributed by atoms with Crippen LogP contribution in [0.1, 0.15) is 24.4 Å². The molecule has 2 aromatic rings. The topological polar surface area (TPSA) is 75.7 Å². The lowest BCUT2D eigenvalue weighted by Gasteiger charge is -2.24. The Morgan fingerprint density at radius 3 is 2.74 bits per heavy atom. The normalized spacial score (nSPS) is 17.6. The lowest BCUT2D eigenvalue weighted by atomic mass is 10.0. The summed E-state index contributed by atoms with van der Waals surface area (Å²) in [6.07, 6.45) is 3.17. The largest absolute Gasteiger partial charge is 0.497 e. The molecule has 144 valence electrons. The Bertz CT molecular complexity index is 927. The summed E-state index contributed by atoms with van der Waals surface area (Å²) in [5, 5.41) is 2.81. The number of hydrogen-bond donors (Lipinski definition) is 1. The summed E-state index contributed by atoms with van der Waals surface area (Å²) in [5.41, 5.74) is 1.62. The zero-order valence-electron chi connectivity index (χ0n) is 15.5. The van der Waals surface area contributed by atoms with E-state index < -0.39 is 9.84 Å². The van der Waals surface area contributed by atoms with Crippen LogP contribution in [0.2, 0.25) is 0 Å². The molecule has 0 aliphatic carbocycles. The summed E-state index contributed by atoms with van der Waals surface area (Å²) in [6.45, 7) is 1.10. The lowest BCUT2D eigenvalue weighted by molar-refractivity contribution is -0.117. The molecule has 2 aromatic carbocycles. The SMILES string of the molecule is COc1cccc(C2CCCN2CC(=O)Nc2cccc(S(C)(=O)=O)c2)c1. The highest BCUT2D eigenvalue weighted by Gasteiger charge is 2.27. The zero-order valence-corrected chi connectivity index (χ0v) is 16.3. The molecule has 1 unspecified atom stereocenters. The van der Waals surface area contributed by atoms with E-state index in [0.717, 1.165) is 37.0 Å². The van der Waals surface area contributed by atoms with E-state index in [4.69, 9.17) is 4.74 Å². The van der Waals surface area contributed by atoms with Gasteiger partial charge in [0.2, 0.25) is 5.91 Å². The number of carbonyl (C=O) groups excluding carboxylic acids is 1. The Kier molecular flexibility index (Phi) is 5.82. The number of ether oxygens (including phenoxy) is 1. The molecule has 1 aliphatic rings. The third kappa shape index (κ3) is 4.87. The van der Waals surface area contributed by atoms with Crippen molar-refractivity contribution in [3.05, 3.63) is 54.1 Å². The van der Waals surface area contributed by atoms with Gasteiger partial charge in [-0.3, -0.25) is 9.69 Å². The molecule has 0 radical (unpaired) electrons. The number of anilines is 1. The minimum Gasteiger partial charge on any atom is -0.497 e. The van der Waals surface area contributed by atoms with Gasteiger partial charge >= 0.3 is 0 Å². The number of rotatable bonds is 6. The number of methoxy groups -OCH3 is 1. The van der Waals surface area contributed by atoms with E-state index in [1.165, 1.54) is 12.1 Å². The summed E-state index contributed by atoms with van der Waals surface area (Å²) in [6, 6.07) is 14.4. The fraction of sp³-hybridized carbons (Fsp3) is 0.350. The average Bonchev–Trinajstić information content (AvgIpc) is 3.09. The van der Waals surface area contributed by atoms with Gasteiger partial charge in [0.1, 0.15) is 5.75 Å². The van der Waals surface area contributed by atoms with Crippen molar-refractivity contribution in [2.24, 2.45) is 0 Å². The third-order valence-electron chi connectivity index (χ3n) is 4.73. The van der Waals surface area contributed by atoms with Crippen molar-refractivity contribution in [1.29, 1.82) is 0 Å². The van der Waals surface area contributed by atoms with Crippen LogP contribution in [0.5, 0.6) is 5.75 Å². The van der Waals surface area contributed by atoms with Crippen LogP contribution in [0.15, 0.2) is 53.4 Å². The van der Waals surface area contributed by atoms with Crippen molar-refractivity contribution in [3.63, 3.8) is 0 Å². The van der Waals surface area contributed by atoms with Gasteiger partial charge in [0.15, 0.2) is 9.84 Å². The second-order valence-corrected chi connectivity index (χ2v) is 8.77. The number of amides is 1. The fourth-order valence-corrected chi connectivity index (χ4v) is 4.10. The van der Waals surface area contributed by atoms with Crippen LogP contribution in [-0.4, -0.2) is 45.7 Å². The average molecular weight is 388 g/mol. The van der Waals surface area contributed by atoms with Gasteiger partial charge in [0.05, 0.1) is 18.6 Å². The molecule has 1 heterocycles. The third-order valence-corrected chi connectivity index (χ3v) is 5.85. The Hall–Kier alpha value is -2.38. The van der Waals surface area contributed by atoms with Crippen molar-refractivity contribution in [2.75, 3.05) is 31.8 Å². The number of sulfone groups is 1. The van der Waals surface area contributed by atoms with E-state index in [1.54, 1.807) is 19.2 Å². The molecule has 1 saturated heterocycles. The zero-order chi connectivity index (χ0) is 19.4. The number of nitrogens with zero attached hydrogens (tertiary/aromatic N) is 1. The second kappa shape index (κ2) is 8.10. The highest BCUT2D eigenvalue weighted by atomic mass is 32.2. The number of likely N-dealkylation sites (tertiary alicyclic amines) is 1. The standard InChI is InChI=1S/C20H24N2O4S/c1-26-17-8-3-6-15(12-17)19-10-5-11-22(19)14-20(23)21-16-7-4-9-18(13-16)27(2,24)25/h3-4,6-9,12-13,19H,5,10-11,14H2,1-2H3,(H,21,23). The first-order valence-electron chi connectivity index (χ1n) is 8.85. The molecule has 0 spiro atoms. The molecule has 27 heavy (non-hydrogen) atoms. The summed E-state index contributed by atoms with van der Waals surface area (Å²) in [4.78, 5) is 14.8. The minimum absolute atomic E-state index is 0.157. The van der Waals surface area contributed by atoms with Gasteiger partial charge in [-0.25, -0.2) is 8.42 Å². The summed E-state index contributed by atoms with van der Waals surface area (Å²) in [5.74, 6) is 0.650. The molecule has 1 aliphatic heterocycles. The Labute approximate surface area is 160 Å². The maximum Gasteiger partial charge on any atom is 0.238 e. The number of benzene rings is 2. The molecular formula is C20H24N2O4S. The molecule has 6 nitrogen and oxygen atoms in total. The summed E-state index contributed by atoms with van der Waals surface area (Å²) in [7, 11) is -1.67. The van der Waals surface area contributed by atoms with Gasteiger partial charge in [-0.2, -0.15) is 0 Å². The quantitative estimate of drug-likeness (QED) is 0.824. The highest BCUT2D eigenvalue weighted by molar-refractivity contribution is 7.90. The molecule has 1 atom stereocenters. The van der Waals surface area contributed by atoms with Gasteiger partial charge in [0.25, 0.3) is 0 Å². The van der Waals surface area contributed by atoms with Crippen LogP contribution in [0, 0.1) is 0 Å². The monoisotopic (exact) mass is 388 g/mol. The first-order valence-corrected chi connectivity index (χ1v) is 10.7. The fourth-order valence-electron chi connectivity index (χ4n) is 3.43. The van der Waals surface area contributed by atoms with Crippen LogP contribution in [-0.2, 0) is 14.6 Å².